The molecule has 0 aliphatic heterocycles. The van der Waals surface area contributed by atoms with Crippen molar-refractivity contribution in [2.45, 2.75) is 32.4 Å². The summed E-state index contributed by atoms with van der Waals surface area (Å²) in [5, 5.41) is 0.854. The third kappa shape index (κ3) is 3.88. The molecule has 3 aromatic rings. The smallest absolute Gasteiger partial charge is 0.357 e. The Morgan fingerprint density at radius 3 is 2.75 bits per heavy atom. The number of rotatable bonds is 6. The van der Waals surface area contributed by atoms with E-state index in [1.165, 1.54) is 11.2 Å². The van der Waals surface area contributed by atoms with Crippen molar-refractivity contribution < 1.29 is 18.0 Å². The third-order valence-electron chi connectivity index (χ3n) is 4.98. The van der Waals surface area contributed by atoms with Crippen LogP contribution in [-0.2, 0) is 0 Å². The van der Waals surface area contributed by atoms with Crippen LogP contribution in [0.15, 0.2) is 24.8 Å². The summed E-state index contributed by atoms with van der Waals surface area (Å²) in [6.45, 7) is 1.96. The summed E-state index contributed by atoms with van der Waals surface area (Å²) in [5.74, 6) is -0.117. The minimum atomic E-state index is -4.29. The average Bonchev–Trinajstić information content (AvgIpc) is 3.18. The number of H-pyrrole nitrogens is 2. The molecule has 1 aliphatic carbocycles. The van der Waals surface area contributed by atoms with Crippen molar-refractivity contribution in [3.8, 4) is 11.3 Å². The molecule has 6 nitrogen and oxygen atoms in total. The van der Waals surface area contributed by atoms with Gasteiger partial charge in [-0.25, -0.2) is 9.97 Å². The highest BCUT2D eigenvalue weighted by Crippen LogP contribution is 2.32. The summed E-state index contributed by atoms with van der Waals surface area (Å²) in [5.41, 5.74) is 3.29. The summed E-state index contributed by atoms with van der Waals surface area (Å²) in [6, 6.07) is 1.64. The van der Waals surface area contributed by atoms with Gasteiger partial charge in [0.15, 0.2) is 0 Å². The van der Waals surface area contributed by atoms with E-state index >= 15 is 0 Å². The molecule has 9 heteroatoms. The predicted octanol–water partition coefficient (Wildman–Crippen LogP) is 4.07. The van der Waals surface area contributed by atoms with E-state index in [-0.39, 0.29) is 12.2 Å². The number of alkyl halides is 3. The molecular formula is C19H20F3N5O. The molecule has 2 N–H and O–H groups in total. The van der Waals surface area contributed by atoms with E-state index in [4.69, 9.17) is 0 Å². The van der Waals surface area contributed by atoms with E-state index in [0.29, 0.717) is 29.4 Å². The molecule has 0 atom stereocenters. The van der Waals surface area contributed by atoms with Crippen molar-refractivity contribution in [3.63, 3.8) is 0 Å². The van der Waals surface area contributed by atoms with Gasteiger partial charge in [-0.2, -0.15) is 13.2 Å². The van der Waals surface area contributed by atoms with Crippen LogP contribution in [0, 0.1) is 12.8 Å². The maximum absolute atomic E-state index is 12.8. The van der Waals surface area contributed by atoms with Gasteiger partial charge in [0.05, 0.1) is 12.1 Å². The van der Waals surface area contributed by atoms with Crippen LogP contribution in [0.1, 0.15) is 35.3 Å². The van der Waals surface area contributed by atoms with Crippen molar-refractivity contribution in [3.05, 3.63) is 36.0 Å². The Kier molecular flexibility index (Phi) is 4.60. The van der Waals surface area contributed by atoms with E-state index in [1.54, 1.807) is 12.3 Å². The molecular weight excluding hydrogens is 371 g/mol. The van der Waals surface area contributed by atoms with Crippen molar-refractivity contribution in [1.82, 2.24) is 24.8 Å². The van der Waals surface area contributed by atoms with Crippen LogP contribution in [0.2, 0.25) is 0 Å². The second-order valence-corrected chi connectivity index (χ2v) is 7.28. The highest BCUT2D eigenvalue weighted by Gasteiger charge is 2.32. The van der Waals surface area contributed by atoms with Crippen LogP contribution in [0.5, 0.6) is 0 Å². The lowest BCUT2D eigenvalue weighted by molar-refractivity contribution is -0.136. The lowest BCUT2D eigenvalue weighted by atomic mass is 10.1. The third-order valence-corrected chi connectivity index (χ3v) is 4.98. The number of amides is 1. The Bertz CT molecular complexity index is 1000. The Labute approximate surface area is 159 Å². The molecule has 0 saturated heterocycles. The second kappa shape index (κ2) is 6.96. The lowest BCUT2D eigenvalue weighted by Crippen LogP contribution is -2.36. The van der Waals surface area contributed by atoms with Gasteiger partial charge in [-0.3, -0.25) is 4.79 Å². The highest BCUT2D eigenvalue weighted by atomic mass is 19.4. The highest BCUT2D eigenvalue weighted by molar-refractivity contribution is 5.97. The number of hydrogen-bond acceptors (Lipinski definition) is 3. The Hall–Kier alpha value is -2.84. The SMILES string of the molecule is Cc1c[nH]c2ncnc(-c3c[nH]c(C(=O)N(CCC(F)(F)F)CC4CC4)c3)c12. The maximum Gasteiger partial charge on any atom is 0.390 e. The first kappa shape index (κ1) is 18.5. The minimum absolute atomic E-state index is 0.262. The summed E-state index contributed by atoms with van der Waals surface area (Å²) in [6.07, 6.45) is 1.53. The molecule has 0 unspecified atom stereocenters. The number of aromatic amines is 2. The molecule has 4 rings (SSSR count). The second-order valence-electron chi connectivity index (χ2n) is 7.28. The first-order valence-corrected chi connectivity index (χ1v) is 9.15. The fourth-order valence-corrected chi connectivity index (χ4v) is 3.31. The van der Waals surface area contributed by atoms with Crippen LogP contribution >= 0.6 is 0 Å². The molecule has 3 aromatic heterocycles. The van der Waals surface area contributed by atoms with Gasteiger partial charge >= 0.3 is 6.18 Å². The summed E-state index contributed by atoms with van der Waals surface area (Å²) in [7, 11) is 0. The van der Waals surface area contributed by atoms with Gasteiger partial charge in [-0.05, 0) is 37.3 Å². The van der Waals surface area contributed by atoms with Gasteiger partial charge < -0.3 is 14.9 Å². The van der Waals surface area contributed by atoms with Crippen LogP contribution in [0.4, 0.5) is 13.2 Å². The number of aryl methyl sites for hydroxylation is 1. The molecule has 0 aromatic carbocycles. The minimum Gasteiger partial charge on any atom is -0.357 e. The zero-order chi connectivity index (χ0) is 19.9. The number of carbonyl (C=O) groups excluding carboxylic acids is 1. The Morgan fingerprint density at radius 1 is 1.25 bits per heavy atom. The van der Waals surface area contributed by atoms with E-state index < -0.39 is 18.5 Å². The number of halogens is 3. The van der Waals surface area contributed by atoms with Crippen molar-refractivity contribution in [1.29, 1.82) is 0 Å². The molecule has 28 heavy (non-hydrogen) atoms. The summed E-state index contributed by atoms with van der Waals surface area (Å²) < 4.78 is 38.0. The Morgan fingerprint density at radius 2 is 2.04 bits per heavy atom. The number of carbonyl (C=O) groups is 1. The molecule has 1 amide bonds. The zero-order valence-electron chi connectivity index (χ0n) is 15.3. The molecule has 148 valence electrons. The van der Waals surface area contributed by atoms with Crippen LogP contribution in [0.3, 0.4) is 0 Å². The fourth-order valence-electron chi connectivity index (χ4n) is 3.31. The van der Waals surface area contributed by atoms with Gasteiger partial charge in [-0.15, -0.1) is 0 Å². The van der Waals surface area contributed by atoms with E-state index in [2.05, 4.69) is 19.9 Å². The molecule has 3 heterocycles. The number of aromatic nitrogens is 4. The van der Waals surface area contributed by atoms with Gasteiger partial charge in [-0.1, -0.05) is 0 Å². The number of nitrogens with zero attached hydrogens (tertiary/aromatic N) is 3. The van der Waals surface area contributed by atoms with Crippen molar-refractivity contribution in [2.75, 3.05) is 13.1 Å². The predicted molar refractivity (Wildman–Crippen MR) is 97.7 cm³/mol. The van der Waals surface area contributed by atoms with E-state index in [9.17, 15) is 18.0 Å². The van der Waals surface area contributed by atoms with Gasteiger partial charge in [0.25, 0.3) is 5.91 Å². The Balaban J connectivity index is 1.59. The monoisotopic (exact) mass is 391 g/mol. The number of nitrogens with one attached hydrogen (secondary N) is 2. The maximum atomic E-state index is 12.8. The molecule has 1 saturated carbocycles. The van der Waals surface area contributed by atoms with Gasteiger partial charge in [0.2, 0.25) is 0 Å². The summed E-state index contributed by atoms with van der Waals surface area (Å²) in [4.78, 5) is 28.6. The van der Waals surface area contributed by atoms with Crippen LogP contribution < -0.4 is 0 Å². The van der Waals surface area contributed by atoms with Crippen LogP contribution in [0.25, 0.3) is 22.3 Å². The molecule has 0 bridgehead atoms. The summed E-state index contributed by atoms with van der Waals surface area (Å²) >= 11 is 0. The van der Waals surface area contributed by atoms with E-state index in [0.717, 1.165) is 23.8 Å². The molecule has 0 radical (unpaired) electrons. The van der Waals surface area contributed by atoms with Gasteiger partial charge in [0, 0.05) is 36.4 Å². The topological polar surface area (TPSA) is 77.7 Å². The first-order chi connectivity index (χ1) is 13.3. The van der Waals surface area contributed by atoms with E-state index in [1.807, 2.05) is 13.1 Å². The largest absolute Gasteiger partial charge is 0.390 e. The molecule has 1 aliphatic rings. The quantitative estimate of drug-likeness (QED) is 0.665. The first-order valence-electron chi connectivity index (χ1n) is 9.15. The normalized spacial score (nSPS) is 14.6. The fraction of sp³-hybridized carbons (Fsp3) is 0.421. The zero-order valence-corrected chi connectivity index (χ0v) is 15.3. The standard InChI is InChI=1S/C19H20F3N5O/c1-11-7-24-17-15(11)16(25-10-26-17)13-6-14(23-8-13)18(28)27(9-12-2-3-12)5-4-19(20,21)22/h6-8,10,12,23H,2-5,9H2,1H3,(H,24,25,26). The number of fused-ring (bicyclic) bond motifs is 1. The lowest BCUT2D eigenvalue weighted by Gasteiger charge is -2.22. The molecule has 0 spiro atoms. The van der Waals surface area contributed by atoms with Crippen molar-refractivity contribution in [2.24, 2.45) is 5.92 Å². The van der Waals surface area contributed by atoms with Gasteiger partial charge in [0.1, 0.15) is 17.7 Å². The van der Waals surface area contributed by atoms with Crippen molar-refractivity contribution >= 4 is 16.9 Å². The van der Waals surface area contributed by atoms with Crippen LogP contribution in [-0.4, -0.2) is 50.0 Å². The number of hydrogen-bond donors (Lipinski definition) is 2. The molecule has 1 fully saturated rings. The average molecular weight is 391 g/mol.